The van der Waals surface area contributed by atoms with Crippen LogP contribution < -0.4 is 10.6 Å². The van der Waals surface area contributed by atoms with Gasteiger partial charge in [0.2, 0.25) is 11.8 Å². The molecular weight excluding hydrogens is 285 g/mol. The monoisotopic (exact) mass is 307 g/mol. The molecule has 1 saturated carbocycles. The lowest BCUT2D eigenvalue weighted by Gasteiger charge is -2.21. The summed E-state index contributed by atoms with van der Waals surface area (Å²) >= 11 is 0. The number of carbonyl (C=O) groups excluding carboxylic acids is 2. The van der Waals surface area contributed by atoms with Gasteiger partial charge in [-0.25, -0.2) is 4.39 Å². The number of nitrogens with one attached hydrogen (secondary N) is 2. The molecule has 2 rings (SSSR count). The summed E-state index contributed by atoms with van der Waals surface area (Å²) < 4.78 is 13.7. The Labute approximate surface area is 129 Å². The zero-order chi connectivity index (χ0) is 15.9. The van der Waals surface area contributed by atoms with Crippen LogP contribution in [0.4, 0.5) is 4.39 Å². The molecule has 120 valence electrons. The molecule has 6 heteroatoms. The van der Waals surface area contributed by atoms with Gasteiger partial charge in [0.15, 0.2) is 0 Å². The van der Waals surface area contributed by atoms with Crippen molar-refractivity contribution in [3.05, 3.63) is 35.6 Å². The maximum absolute atomic E-state index is 13.7. The molecule has 0 bridgehead atoms. The van der Waals surface area contributed by atoms with Crippen LogP contribution >= 0.6 is 0 Å². The molecule has 0 saturated heterocycles. The largest absolute Gasteiger partial charge is 0.355 e. The van der Waals surface area contributed by atoms with E-state index in [-0.39, 0.29) is 24.2 Å². The second-order valence-electron chi connectivity index (χ2n) is 5.56. The Kier molecular flexibility index (Phi) is 5.89. The average Bonchev–Trinajstić information content (AvgIpc) is 3.29. The quantitative estimate of drug-likeness (QED) is 0.706. The van der Waals surface area contributed by atoms with E-state index in [2.05, 4.69) is 10.6 Å². The van der Waals surface area contributed by atoms with Gasteiger partial charge >= 0.3 is 0 Å². The predicted molar refractivity (Wildman–Crippen MR) is 81.5 cm³/mol. The van der Waals surface area contributed by atoms with E-state index in [1.165, 1.54) is 13.0 Å². The number of halogens is 1. The Balaban J connectivity index is 1.80. The minimum absolute atomic E-state index is 0.103. The van der Waals surface area contributed by atoms with E-state index in [9.17, 15) is 14.0 Å². The molecule has 1 aromatic rings. The van der Waals surface area contributed by atoms with Crippen LogP contribution in [-0.2, 0) is 16.1 Å². The van der Waals surface area contributed by atoms with Gasteiger partial charge in [-0.2, -0.15) is 0 Å². The van der Waals surface area contributed by atoms with Crippen molar-refractivity contribution in [1.29, 1.82) is 0 Å². The van der Waals surface area contributed by atoms with Crippen LogP contribution in [0.25, 0.3) is 0 Å². The van der Waals surface area contributed by atoms with Crippen molar-refractivity contribution < 1.29 is 14.0 Å². The summed E-state index contributed by atoms with van der Waals surface area (Å²) in [5, 5.41) is 5.38. The standard InChI is InChI=1S/C16H22FN3O2/c1-12(21)18-8-9-19-16(22)11-20(14-6-7-14)10-13-4-2-3-5-15(13)17/h2-5,14H,6-11H2,1H3,(H,18,21)(H,19,22). The molecule has 2 N–H and O–H groups in total. The fourth-order valence-corrected chi connectivity index (χ4v) is 2.28. The highest BCUT2D eigenvalue weighted by Crippen LogP contribution is 2.28. The van der Waals surface area contributed by atoms with E-state index in [0.29, 0.717) is 31.2 Å². The summed E-state index contributed by atoms with van der Waals surface area (Å²) in [5.74, 6) is -0.457. The minimum Gasteiger partial charge on any atom is -0.355 e. The van der Waals surface area contributed by atoms with Crippen molar-refractivity contribution in [2.75, 3.05) is 19.6 Å². The number of amides is 2. The highest BCUT2D eigenvalue weighted by molar-refractivity contribution is 5.78. The molecule has 0 radical (unpaired) electrons. The Hall–Kier alpha value is -1.95. The molecule has 0 spiro atoms. The van der Waals surface area contributed by atoms with Crippen LogP contribution in [0.2, 0.25) is 0 Å². The number of carbonyl (C=O) groups is 2. The van der Waals surface area contributed by atoms with Crippen LogP contribution in [0.15, 0.2) is 24.3 Å². The minimum atomic E-state index is -0.237. The van der Waals surface area contributed by atoms with E-state index in [0.717, 1.165) is 12.8 Å². The van der Waals surface area contributed by atoms with E-state index in [1.807, 2.05) is 4.90 Å². The molecule has 1 aliphatic rings. The molecular formula is C16H22FN3O2. The maximum atomic E-state index is 13.7. The summed E-state index contributed by atoms with van der Waals surface area (Å²) in [4.78, 5) is 24.7. The molecule has 5 nitrogen and oxygen atoms in total. The van der Waals surface area contributed by atoms with Crippen molar-refractivity contribution in [2.24, 2.45) is 0 Å². The fourth-order valence-electron chi connectivity index (χ4n) is 2.28. The van der Waals surface area contributed by atoms with Crippen LogP contribution in [0, 0.1) is 5.82 Å². The molecule has 2 amide bonds. The van der Waals surface area contributed by atoms with Crippen molar-refractivity contribution in [1.82, 2.24) is 15.5 Å². The summed E-state index contributed by atoms with van der Waals surface area (Å²) in [6.45, 7) is 2.94. The van der Waals surface area contributed by atoms with Crippen LogP contribution in [0.1, 0.15) is 25.3 Å². The highest BCUT2D eigenvalue weighted by atomic mass is 19.1. The Bertz CT molecular complexity index is 532. The maximum Gasteiger partial charge on any atom is 0.234 e. The summed E-state index contributed by atoms with van der Waals surface area (Å²) in [5.41, 5.74) is 0.612. The van der Waals surface area contributed by atoms with Gasteiger partial charge < -0.3 is 10.6 Å². The zero-order valence-electron chi connectivity index (χ0n) is 12.8. The van der Waals surface area contributed by atoms with Gasteiger partial charge in [0.1, 0.15) is 5.82 Å². The smallest absolute Gasteiger partial charge is 0.234 e. The first-order chi connectivity index (χ1) is 10.6. The lowest BCUT2D eigenvalue weighted by Crippen LogP contribution is -2.41. The molecule has 0 aliphatic heterocycles. The molecule has 0 atom stereocenters. The number of hydrogen-bond donors (Lipinski definition) is 2. The van der Waals surface area contributed by atoms with E-state index in [1.54, 1.807) is 18.2 Å². The Morgan fingerprint density at radius 2 is 1.91 bits per heavy atom. The molecule has 0 aromatic heterocycles. The van der Waals surface area contributed by atoms with E-state index < -0.39 is 0 Å². The molecule has 1 aliphatic carbocycles. The van der Waals surface area contributed by atoms with E-state index >= 15 is 0 Å². The first-order valence-corrected chi connectivity index (χ1v) is 7.55. The third kappa shape index (κ3) is 5.44. The summed E-state index contributed by atoms with van der Waals surface area (Å²) in [7, 11) is 0. The van der Waals surface area contributed by atoms with Gasteiger partial charge in [-0.1, -0.05) is 18.2 Å². The molecule has 0 unspecified atom stereocenters. The normalized spacial score (nSPS) is 14.0. The van der Waals surface area contributed by atoms with Crippen LogP contribution in [0.5, 0.6) is 0 Å². The molecule has 0 heterocycles. The van der Waals surface area contributed by atoms with Crippen LogP contribution in [-0.4, -0.2) is 42.4 Å². The Morgan fingerprint density at radius 1 is 1.23 bits per heavy atom. The van der Waals surface area contributed by atoms with Gasteiger partial charge in [0, 0.05) is 38.2 Å². The van der Waals surface area contributed by atoms with Crippen LogP contribution in [0.3, 0.4) is 0 Å². The predicted octanol–water partition coefficient (Wildman–Crippen LogP) is 1.04. The average molecular weight is 307 g/mol. The van der Waals surface area contributed by atoms with Gasteiger partial charge in [-0.15, -0.1) is 0 Å². The molecule has 1 fully saturated rings. The molecule has 1 aromatic carbocycles. The third-order valence-corrected chi connectivity index (χ3v) is 3.56. The SMILES string of the molecule is CC(=O)NCCNC(=O)CN(Cc1ccccc1F)C1CC1. The summed E-state index contributed by atoms with van der Waals surface area (Å²) in [6, 6.07) is 7.01. The second-order valence-corrected chi connectivity index (χ2v) is 5.56. The van der Waals surface area contributed by atoms with Gasteiger partial charge in [-0.05, 0) is 18.9 Å². The lowest BCUT2D eigenvalue weighted by atomic mass is 10.2. The summed E-state index contributed by atoms with van der Waals surface area (Å²) in [6.07, 6.45) is 2.10. The van der Waals surface area contributed by atoms with Gasteiger partial charge in [-0.3, -0.25) is 14.5 Å². The zero-order valence-corrected chi connectivity index (χ0v) is 12.8. The fraction of sp³-hybridized carbons (Fsp3) is 0.500. The topological polar surface area (TPSA) is 61.4 Å². The van der Waals surface area contributed by atoms with E-state index in [4.69, 9.17) is 0 Å². The second kappa shape index (κ2) is 7.89. The first-order valence-electron chi connectivity index (χ1n) is 7.55. The third-order valence-electron chi connectivity index (χ3n) is 3.56. The number of benzene rings is 1. The Morgan fingerprint density at radius 3 is 2.55 bits per heavy atom. The highest BCUT2D eigenvalue weighted by Gasteiger charge is 2.30. The van der Waals surface area contributed by atoms with Crippen molar-refractivity contribution in [2.45, 2.75) is 32.4 Å². The van der Waals surface area contributed by atoms with Crippen molar-refractivity contribution in [3.8, 4) is 0 Å². The number of nitrogens with zero attached hydrogens (tertiary/aromatic N) is 1. The van der Waals surface area contributed by atoms with Crippen molar-refractivity contribution >= 4 is 11.8 Å². The van der Waals surface area contributed by atoms with Crippen molar-refractivity contribution in [3.63, 3.8) is 0 Å². The number of hydrogen-bond acceptors (Lipinski definition) is 3. The molecule has 22 heavy (non-hydrogen) atoms. The van der Waals surface area contributed by atoms with Gasteiger partial charge in [0.05, 0.1) is 6.54 Å². The van der Waals surface area contributed by atoms with Gasteiger partial charge in [0.25, 0.3) is 0 Å². The number of rotatable bonds is 8. The lowest BCUT2D eigenvalue weighted by molar-refractivity contribution is -0.123. The first kappa shape index (κ1) is 16.4.